The van der Waals surface area contributed by atoms with Crippen LogP contribution in [0.5, 0.6) is 0 Å². The fraction of sp³-hybridized carbons (Fsp3) is 0. The highest BCUT2D eigenvalue weighted by Crippen LogP contribution is 2.46. The van der Waals surface area contributed by atoms with Crippen LogP contribution in [0.15, 0.2) is 168 Å². The smallest absolute Gasteiger partial charge is 0.160 e. The van der Waals surface area contributed by atoms with E-state index >= 15 is 0 Å². The Morgan fingerprint density at radius 2 is 0.898 bits per heavy atom. The summed E-state index contributed by atoms with van der Waals surface area (Å²) in [6, 6.07) is 56.6. The minimum absolute atomic E-state index is 0.714. The molecule has 0 saturated carbocycles. The number of pyridine rings is 1. The predicted molar refractivity (Wildman–Crippen MR) is 201 cm³/mol. The van der Waals surface area contributed by atoms with Crippen molar-refractivity contribution in [2.75, 3.05) is 0 Å². The largest absolute Gasteiger partial charge is 0.456 e. The van der Waals surface area contributed by atoms with E-state index in [0.717, 1.165) is 93.7 Å². The second-order valence-electron chi connectivity index (χ2n) is 12.3. The molecule has 10 rings (SSSR count). The molecule has 49 heavy (non-hydrogen) atoms. The molecule has 0 saturated heterocycles. The Balaban J connectivity index is 1.27. The summed E-state index contributed by atoms with van der Waals surface area (Å²) in [5.41, 5.74) is 10.8. The molecule has 10 aromatic rings. The van der Waals surface area contributed by atoms with Gasteiger partial charge < -0.3 is 4.42 Å². The molecule has 0 unspecified atom stereocenters. The molecule has 0 atom stereocenters. The van der Waals surface area contributed by atoms with E-state index in [0.29, 0.717) is 5.82 Å². The standard InChI is InChI=1S/C45H27N3O/c1-3-13-29(14-4-1)44-35-27-39-42(34-19-9-12-22-38(34)49-39)40(41(35)32-17-7-10-20-36(32)46-44)28-23-25-30(26-24-28)43-33-18-8-11-21-37(33)47-45(48-43)31-15-5-2-6-16-31/h1-27H. The normalized spacial score (nSPS) is 11.7. The van der Waals surface area contributed by atoms with Crippen LogP contribution in [0.1, 0.15) is 0 Å². The number of hydrogen-bond donors (Lipinski definition) is 0. The lowest BCUT2D eigenvalue weighted by atomic mass is 9.89. The van der Waals surface area contributed by atoms with Crippen LogP contribution < -0.4 is 0 Å². The van der Waals surface area contributed by atoms with E-state index in [4.69, 9.17) is 19.4 Å². The fourth-order valence-electron chi connectivity index (χ4n) is 7.23. The zero-order chi connectivity index (χ0) is 32.3. The van der Waals surface area contributed by atoms with Gasteiger partial charge in [-0.15, -0.1) is 0 Å². The fourth-order valence-corrected chi connectivity index (χ4v) is 7.23. The van der Waals surface area contributed by atoms with Gasteiger partial charge in [-0.05, 0) is 29.8 Å². The lowest BCUT2D eigenvalue weighted by Gasteiger charge is -2.16. The third-order valence-electron chi connectivity index (χ3n) is 9.46. The summed E-state index contributed by atoms with van der Waals surface area (Å²) in [5.74, 6) is 0.714. The second kappa shape index (κ2) is 11.0. The number of aromatic nitrogens is 3. The molecule has 3 heterocycles. The Morgan fingerprint density at radius 3 is 1.65 bits per heavy atom. The first kappa shape index (κ1) is 27.5. The third kappa shape index (κ3) is 4.42. The molecule has 0 spiro atoms. The van der Waals surface area contributed by atoms with Gasteiger partial charge in [-0.3, -0.25) is 0 Å². The monoisotopic (exact) mass is 625 g/mol. The Bertz CT molecular complexity index is 2860. The molecule has 0 fully saturated rings. The number of fused-ring (bicyclic) bond motifs is 7. The van der Waals surface area contributed by atoms with Gasteiger partial charge in [0.1, 0.15) is 11.2 Å². The van der Waals surface area contributed by atoms with Gasteiger partial charge in [0, 0.05) is 54.6 Å². The molecule has 3 aromatic heterocycles. The first-order chi connectivity index (χ1) is 24.3. The Kier molecular flexibility index (Phi) is 6.15. The first-order valence-electron chi connectivity index (χ1n) is 16.5. The number of furan rings is 1. The van der Waals surface area contributed by atoms with Gasteiger partial charge in [0.05, 0.1) is 22.4 Å². The van der Waals surface area contributed by atoms with Crippen LogP contribution >= 0.6 is 0 Å². The van der Waals surface area contributed by atoms with Crippen molar-refractivity contribution in [3.8, 4) is 45.0 Å². The quantitative estimate of drug-likeness (QED) is 0.183. The van der Waals surface area contributed by atoms with Gasteiger partial charge in [0.25, 0.3) is 0 Å². The van der Waals surface area contributed by atoms with Gasteiger partial charge in [0.2, 0.25) is 0 Å². The number of hydrogen-bond acceptors (Lipinski definition) is 4. The zero-order valence-electron chi connectivity index (χ0n) is 26.3. The van der Waals surface area contributed by atoms with E-state index < -0.39 is 0 Å². The van der Waals surface area contributed by atoms with Crippen LogP contribution in [0.2, 0.25) is 0 Å². The summed E-state index contributed by atoms with van der Waals surface area (Å²) in [7, 11) is 0. The molecular weight excluding hydrogens is 599 g/mol. The van der Waals surface area contributed by atoms with Gasteiger partial charge in [-0.1, -0.05) is 140 Å². The number of para-hydroxylation sites is 3. The highest BCUT2D eigenvalue weighted by molar-refractivity contribution is 6.27. The summed E-state index contributed by atoms with van der Waals surface area (Å²) in [6.45, 7) is 0. The van der Waals surface area contributed by atoms with E-state index in [2.05, 4.69) is 115 Å². The van der Waals surface area contributed by atoms with E-state index in [1.807, 2.05) is 48.5 Å². The molecule has 0 bridgehead atoms. The van der Waals surface area contributed by atoms with Gasteiger partial charge in [0.15, 0.2) is 5.82 Å². The Hall–Kier alpha value is -6.65. The molecule has 0 amide bonds. The molecule has 0 N–H and O–H groups in total. The molecule has 0 aliphatic heterocycles. The van der Waals surface area contributed by atoms with Crippen LogP contribution in [0.3, 0.4) is 0 Å². The summed E-state index contributed by atoms with van der Waals surface area (Å²) >= 11 is 0. The molecule has 4 heteroatoms. The second-order valence-corrected chi connectivity index (χ2v) is 12.3. The molecule has 0 radical (unpaired) electrons. The Morgan fingerprint density at radius 1 is 0.347 bits per heavy atom. The van der Waals surface area contributed by atoms with Crippen molar-refractivity contribution >= 4 is 54.5 Å². The van der Waals surface area contributed by atoms with Crippen molar-refractivity contribution in [2.24, 2.45) is 0 Å². The van der Waals surface area contributed by atoms with Crippen molar-refractivity contribution in [1.82, 2.24) is 15.0 Å². The maximum atomic E-state index is 6.58. The van der Waals surface area contributed by atoms with Crippen LogP contribution in [-0.4, -0.2) is 15.0 Å². The summed E-state index contributed by atoms with van der Waals surface area (Å²) in [4.78, 5) is 15.3. The van der Waals surface area contributed by atoms with Crippen molar-refractivity contribution in [3.63, 3.8) is 0 Å². The Labute approximate surface area is 282 Å². The van der Waals surface area contributed by atoms with E-state index in [-0.39, 0.29) is 0 Å². The van der Waals surface area contributed by atoms with E-state index in [9.17, 15) is 0 Å². The van der Waals surface area contributed by atoms with Gasteiger partial charge >= 0.3 is 0 Å². The highest BCUT2D eigenvalue weighted by Gasteiger charge is 2.22. The van der Waals surface area contributed by atoms with Crippen molar-refractivity contribution < 1.29 is 4.42 Å². The molecular formula is C45H27N3O. The zero-order valence-corrected chi connectivity index (χ0v) is 26.3. The van der Waals surface area contributed by atoms with Gasteiger partial charge in [-0.25, -0.2) is 15.0 Å². The summed E-state index contributed by atoms with van der Waals surface area (Å²) < 4.78 is 6.58. The molecule has 7 aromatic carbocycles. The van der Waals surface area contributed by atoms with E-state index in [1.54, 1.807) is 0 Å². The van der Waals surface area contributed by atoms with Crippen molar-refractivity contribution in [3.05, 3.63) is 164 Å². The topological polar surface area (TPSA) is 51.8 Å². The lowest BCUT2D eigenvalue weighted by Crippen LogP contribution is -1.95. The average Bonchev–Trinajstić information content (AvgIpc) is 3.55. The number of benzene rings is 7. The van der Waals surface area contributed by atoms with Crippen LogP contribution in [0.4, 0.5) is 0 Å². The summed E-state index contributed by atoms with van der Waals surface area (Å²) in [6.07, 6.45) is 0. The third-order valence-corrected chi connectivity index (χ3v) is 9.46. The maximum absolute atomic E-state index is 6.58. The van der Waals surface area contributed by atoms with Crippen LogP contribution in [-0.2, 0) is 0 Å². The van der Waals surface area contributed by atoms with E-state index in [1.165, 1.54) is 0 Å². The van der Waals surface area contributed by atoms with Crippen LogP contribution in [0.25, 0.3) is 99.5 Å². The number of rotatable bonds is 4. The van der Waals surface area contributed by atoms with Crippen molar-refractivity contribution in [1.29, 1.82) is 0 Å². The van der Waals surface area contributed by atoms with Crippen molar-refractivity contribution in [2.45, 2.75) is 0 Å². The molecule has 0 aliphatic carbocycles. The lowest BCUT2D eigenvalue weighted by molar-refractivity contribution is 0.669. The summed E-state index contributed by atoms with van der Waals surface area (Å²) in [5, 5.41) is 6.55. The first-order valence-corrected chi connectivity index (χ1v) is 16.5. The van der Waals surface area contributed by atoms with Gasteiger partial charge in [-0.2, -0.15) is 0 Å². The predicted octanol–water partition coefficient (Wildman–Crippen LogP) is 11.9. The molecule has 0 aliphatic rings. The molecule has 4 nitrogen and oxygen atoms in total. The SMILES string of the molecule is c1ccc(-c2nc(-c3ccc(-c4c5c(cc6c(-c7ccccc7)nc7ccccc7c46)oc4ccccc45)cc3)c3ccccc3n2)cc1. The minimum atomic E-state index is 0.714. The maximum Gasteiger partial charge on any atom is 0.160 e. The highest BCUT2D eigenvalue weighted by atomic mass is 16.3. The van der Waals surface area contributed by atoms with Crippen LogP contribution in [0, 0.1) is 0 Å². The molecule has 228 valence electrons. The average molecular weight is 626 g/mol. The number of nitrogens with zero attached hydrogens (tertiary/aromatic N) is 3. The minimum Gasteiger partial charge on any atom is -0.456 e.